The Morgan fingerprint density at radius 1 is 1.08 bits per heavy atom. The fraction of sp³-hybridized carbons (Fsp3) is 0.474. The molecule has 1 aliphatic heterocycles. The largest absolute Gasteiger partial charge is 0.454 e. The Bertz CT molecular complexity index is 754. The van der Waals surface area contributed by atoms with Crippen LogP contribution >= 0.6 is 0 Å². The molecule has 7 heteroatoms. The first kappa shape index (κ1) is 18.1. The van der Waals surface area contributed by atoms with Crippen LogP contribution in [-0.2, 0) is 0 Å². The molecule has 0 radical (unpaired) electrons. The summed E-state index contributed by atoms with van der Waals surface area (Å²) in [5, 5.41) is 3.27. The summed E-state index contributed by atoms with van der Waals surface area (Å²) in [6.45, 7) is 10.8. The van der Waals surface area contributed by atoms with Crippen LogP contribution < -0.4 is 25.4 Å². The van der Waals surface area contributed by atoms with Crippen molar-refractivity contribution in [3.8, 4) is 11.5 Å². The highest BCUT2D eigenvalue weighted by Gasteiger charge is 2.18. The summed E-state index contributed by atoms with van der Waals surface area (Å²) in [6.07, 6.45) is 1.55. The molecular formula is C19H27N5O2. The standard InChI is InChI=1S/C19H27N5O2/c1-12(2)8-24(9-13(3)4)19-17(20)18(21-10-22-19)23-14-5-6-15-16(7-14)26-11-25-15/h5-7,10,12-13H,8-9,11,20H2,1-4H3,(H,21,22,23). The molecule has 1 aliphatic rings. The number of hydrogen-bond acceptors (Lipinski definition) is 7. The van der Waals surface area contributed by atoms with Crippen molar-refractivity contribution in [2.75, 3.05) is 35.8 Å². The summed E-state index contributed by atoms with van der Waals surface area (Å²) in [4.78, 5) is 11.0. The van der Waals surface area contributed by atoms with E-state index < -0.39 is 0 Å². The maximum Gasteiger partial charge on any atom is 0.231 e. The molecule has 1 aromatic heterocycles. The van der Waals surface area contributed by atoms with Crippen molar-refractivity contribution in [3.63, 3.8) is 0 Å². The fourth-order valence-electron chi connectivity index (χ4n) is 2.98. The van der Waals surface area contributed by atoms with E-state index in [2.05, 4.69) is 47.9 Å². The van der Waals surface area contributed by atoms with Gasteiger partial charge in [0.2, 0.25) is 6.79 Å². The molecule has 2 aromatic rings. The number of nitrogens with zero attached hydrogens (tertiary/aromatic N) is 3. The molecule has 1 aromatic carbocycles. The molecule has 0 saturated carbocycles. The minimum Gasteiger partial charge on any atom is -0.454 e. The number of nitrogens with two attached hydrogens (primary N) is 1. The van der Waals surface area contributed by atoms with Crippen molar-refractivity contribution >= 4 is 23.0 Å². The van der Waals surface area contributed by atoms with Gasteiger partial charge in [-0.2, -0.15) is 0 Å². The van der Waals surface area contributed by atoms with E-state index in [9.17, 15) is 0 Å². The lowest BCUT2D eigenvalue weighted by Gasteiger charge is -2.28. The van der Waals surface area contributed by atoms with Crippen LogP contribution in [0.2, 0.25) is 0 Å². The van der Waals surface area contributed by atoms with Gasteiger partial charge in [-0.3, -0.25) is 0 Å². The third-order valence-corrected chi connectivity index (χ3v) is 3.97. The van der Waals surface area contributed by atoms with E-state index >= 15 is 0 Å². The second-order valence-corrected chi connectivity index (χ2v) is 7.35. The van der Waals surface area contributed by atoms with Gasteiger partial charge in [0.05, 0.1) is 0 Å². The Kier molecular flexibility index (Phi) is 5.35. The molecular weight excluding hydrogens is 330 g/mol. The number of fused-ring (bicyclic) bond motifs is 1. The number of ether oxygens (including phenoxy) is 2. The molecule has 0 spiro atoms. The maximum absolute atomic E-state index is 6.41. The normalized spacial score (nSPS) is 12.7. The number of rotatable bonds is 7. The third-order valence-electron chi connectivity index (χ3n) is 3.97. The zero-order chi connectivity index (χ0) is 18.7. The third kappa shape index (κ3) is 4.09. The number of nitrogen functional groups attached to an aromatic ring is 1. The van der Waals surface area contributed by atoms with Crippen LogP contribution in [0.15, 0.2) is 24.5 Å². The van der Waals surface area contributed by atoms with Gasteiger partial charge < -0.3 is 25.4 Å². The van der Waals surface area contributed by atoms with E-state index in [4.69, 9.17) is 15.2 Å². The van der Waals surface area contributed by atoms with Crippen LogP contribution in [0.1, 0.15) is 27.7 Å². The average molecular weight is 357 g/mol. The number of hydrogen-bond donors (Lipinski definition) is 2. The van der Waals surface area contributed by atoms with Crippen molar-refractivity contribution in [3.05, 3.63) is 24.5 Å². The molecule has 0 unspecified atom stereocenters. The highest BCUT2D eigenvalue weighted by atomic mass is 16.7. The van der Waals surface area contributed by atoms with Gasteiger partial charge in [-0.1, -0.05) is 27.7 Å². The van der Waals surface area contributed by atoms with E-state index in [1.165, 1.54) is 0 Å². The lowest BCUT2D eigenvalue weighted by atomic mass is 10.1. The Morgan fingerprint density at radius 3 is 2.46 bits per heavy atom. The smallest absolute Gasteiger partial charge is 0.231 e. The van der Waals surface area contributed by atoms with Crippen LogP contribution in [0.4, 0.5) is 23.0 Å². The maximum atomic E-state index is 6.41. The van der Waals surface area contributed by atoms with Gasteiger partial charge in [-0.15, -0.1) is 0 Å². The predicted octanol–water partition coefficient (Wildman–Crippen LogP) is 3.65. The number of benzene rings is 1. The Labute approximate surface area is 154 Å². The molecule has 7 nitrogen and oxygen atoms in total. The van der Waals surface area contributed by atoms with Crippen molar-refractivity contribution in [2.45, 2.75) is 27.7 Å². The Hall–Kier alpha value is -2.70. The van der Waals surface area contributed by atoms with Gasteiger partial charge in [0.25, 0.3) is 0 Å². The molecule has 0 atom stereocenters. The van der Waals surface area contributed by atoms with Crippen LogP contribution in [0.3, 0.4) is 0 Å². The Balaban J connectivity index is 1.86. The van der Waals surface area contributed by atoms with E-state index in [-0.39, 0.29) is 6.79 Å². The van der Waals surface area contributed by atoms with Gasteiger partial charge in [0, 0.05) is 24.8 Å². The first-order chi connectivity index (χ1) is 12.4. The predicted molar refractivity (Wildman–Crippen MR) is 104 cm³/mol. The number of nitrogens with one attached hydrogen (secondary N) is 1. The molecule has 140 valence electrons. The van der Waals surface area contributed by atoms with Gasteiger partial charge in [-0.05, 0) is 24.0 Å². The van der Waals surface area contributed by atoms with Gasteiger partial charge in [0.15, 0.2) is 23.1 Å². The SMILES string of the molecule is CC(C)CN(CC(C)C)c1ncnc(Nc2ccc3c(c2)OCO3)c1N. The van der Waals surface area contributed by atoms with Gasteiger partial charge >= 0.3 is 0 Å². The van der Waals surface area contributed by atoms with Crippen molar-refractivity contribution in [2.24, 2.45) is 11.8 Å². The zero-order valence-corrected chi connectivity index (χ0v) is 15.8. The quantitative estimate of drug-likeness (QED) is 0.782. The van der Waals surface area contributed by atoms with E-state index in [1.54, 1.807) is 6.33 Å². The van der Waals surface area contributed by atoms with E-state index in [1.807, 2.05) is 18.2 Å². The summed E-state index contributed by atoms with van der Waals surface area (Å²) in [5.41, 5.74) is 7.80. The number of aromatic nitrogens is 2. The van der Waals surface area contributed by atoms with Crippen molar-refractivity contribution < 1.29 is 9.47 Å². The summed E-state index contributed by atoms with van der Waals surface area (Å²) in [5.74, 6) is 3.83. The van der Waals surface area contributed by atoms with E-state index in [0.717, 1.165) is 30.3 Å². The minimum absolute atomic E-state index is 0.248. The molecule has 2 heterocycles. The minimum atomic E-state index is 0.248. The van der Waals surface area contributed by atoms with Crippen LogP contribution in [0.5, 0.6) is 11.5 Å². The molecule has 0 fully saturated rings. The van der Waals surface area contributed by atoms with Crippen molar-refractivity contribution in [1.82, 2.24) is 9.97 Å². The second kappa shape index (κ2) is 7.68. The molecule has 0 saturated heterocycles. The Morgan fingerprint density at radius 2 is 1.77 bits per heavy atom. The zero-order valence-electron chi connectivity index (χ0n) is 15.8. The summed E-state index contributed by atoms with van der Waals surface area (Å²) >= 11 is 0. The second-order valence-electron chi connectivity index (χ2n) is 7.35. The average Bonchev–Trinajstić information content (AvgIpc) is 3.03. The molecule has 3 rings (SSSR count). The summed E-state index contributed by atoms with van der Waals surface area (Å²) in [7, 11) is 0. The fourth-order valence-corrected chi connectivity index (χ4v) is 2.98. The van der Waals surface area contributed by atoms with Crippen LogP contribution in [0, 0.1) is 11.8 Å². The van der Waals surface area contributed by atoms with Crippen molar-refractivity contribution in [1.29, 1.82) is 0 Å². The lowest BCUT2D eigenvalue weighted by Crippen LogP contribution is -2.32. The number of anilines is 4. The topological polar surface area (TPSA) is 85.5 Å². The summed E-state index contributed by atoms with van der Waals surface area (Å²) < 4.78 is 10.8. The highest BCUT2D eigenvalue weighted by Crippen LogP contribution is 2.36. The highest BCUT2D eigenvalue weighted by molar-refractivity contribution is 5.78. The monoisotopic (exact) mass is 357 g/mol. The molecule has 3 N–H and O–H groups in total. The molecule has 0 bridgehead atoms. The molecule has 0 aliphatic carbocycles. The lowest BCUT2D eigenvalue weighted by molar-refractivity contribution is 0.174. The van der Waals surface area contributed by atoms with Gasteiger partial charge in [0.1, 0.15) is 12.0 Å². The first-order valence-electron chi connectivity index (χ1n) is 8.96. The van der Waals surface area contributed by atoms with E-state index in [0.29, 0.717) is 29.1 Å². The van der Waals surface area contributed by atoms with Crippen LogP contribution in [0.25, 0.3) is 0 Å². The van der Waals surface area contributed by atoms with Crippen LogP contribution in [-0.4, -0.2) is 29.9 Å². The van der Waals surface area contributed by atoms with Gasteiger partial charge in [-0.25, -0.2) is 9.97 Å². The first-order valence-corrected chi connectivity index (χ1v) is 8.96. The molecule has 0 amide bonds. The summed E-state index contributed by atoms with van der Waals surface area (Å²) in [6, 6.07) is 5.66. The molecule has 26 heavy (non-hydrogen) atoms.